The molecule has 2 rings (SSSR count). The molecule has 0 saturated carbocycles. The number of aromatic nitrogens is 1. The van der Waals surface area contributed by atoms with Crippen LogP contribution in [0.1, 0.15) is 21.8 Å². The van der Waals surface area contributed by atoms with Crippen LogP contribution in [0.4, 0.5) is 5.69 Å². The Kier molecular flexibility index (Phi) is 3.53. The van der Waals surface area contributed by atoms with Gasteiger partial charge in [0.25, 0.3) is 0 Å². The van der Waals surface area contributed by atoms with Crippen LogP contribution in [0.3, 0.4) is 0 Å². The highest BCUT2D eigenvalue weighted by Gasteiger charge is 2.10. The van der Waals surface area contributed by atoms with Crippen molar-refractivity contribution in [3.05, 3.63) is 46.3 Å². The summed E-state index contributed by atoms with van der Waals surface area (Å²) in [4.78, 5) is 10.6. The Morgan fingerprint density at radius 1 is 1.50 bits per heavy atom. The van der Waals surface area contributed by atoms with Crippen molar-refractivity contribution in [3.63, 3.8) is 0 Å². The van der Waals surface area contributed by atoms with Crippen LogP contribution in [0.2, 0.25) is 5.02 Å². The number of anilines is 1. The summed E-state index contributed by atoms with van der Waals surface area (Å²) >= 11 is 5.99. The van der Waals surface area contributed by atoms with E-state index in [1.165, 1.54) is 6.07 Å². The van der Waals surface area contributed by atoms with Crippen molar-refractivity contribution in [2.45, 2.75) is 13.5 Å². The smallest absolute Gasteiger partial charge is 0.358 e. The lowest BCUT2D eigenvalue weighted by Gasteiger charge is -2.05. The second kappa shape index (κ2) is 5.10. The Bertz CT molecular complexity index is 580. The summed E-state index contributed by atoms with van der Waals surface area (Å²) in [5.74, 6) is -0.660. The van der Waals surface area contributed by atoms with Crippen molar-refractivity contribution in [2.75, 3.05) is 5.32 Å². The molecule has 0 bridgehead atoms. The van der Waals surface area contributed by atoms with Gasteiger partial charge >= 0.3 is 5.97 Å². The fourth-order valence-corrected chi connectivity index (χ4v) is 1.57. The average Bonchev–Trinajstić information content (AvgIpc) is 2.79. The van der Waals surface area contributed by atoms with E-state index in [-0.39, 0.29) is 5.69 Å². The molecule has 0 saturated heterocycles. The number of carboxylic acids is 1. The van der Waals surface area contributed by atoms with E-state index in [9.17, 15) is 4.79 Å². The lowest BCUT2D eigenvalue weighted by molar-refractivity contribution is 0.0685. The predicted molar refractivity (Wildman–Crippen MR) is 67.0 cm³/mol. The van der Waals surface area contributed by atoms with Crippen molar-refractivity contribution >= 4 is 23.3 Å². The summed E-state index contributed by atoms with van der Waals surface area (Å²) in [6.07, 6.45) is 0. The van der Waals surface area contributed by atoms with Crippen LogP contribution in [0, 0.1) is 6.92 Å². The van der Waals surface area contributed by atoms with Gasteiger partial charge in [-0.1, -0.05) is 22.8 Å². The summed E-state index contributed by atoms with van der Waals surface area (Å²) in [5.41, 5.74) is 1.72. The van der Waals surface area contributed by atoms with Crippen LogP contribution in [-0.4, -0.2) is 16.2 Å². The SMILES string of the molecule is Cc1ccc(NCc2cc(C(=O)O)no2)cc1Cl. The highest BCUT2D eigenvalue weighted by Crippen LogP contribution is 2.20. The number of rotatable bonds is 4. The molecule has 94 valence electrons. The molecule has 0 unspecified atom stereocenters. The second-order valence-corrected chi connectivity index (χ2v) is 4.21. The van der Waals surface area contributed by atoms with E-state index in [4.69, 9.17) is 21.2 Å². The first-order chi connectivity index (χ1) is 8.56. The monoisotopic (exact) mass is 266 g/mol. The first kappa shape index (κ1) is 12.4. The van der Waals surface area contributed by atoms with Gasteiger partial charge in [0.1, 0.15) is 0 Å². The summed E-state index contributed by atoms with van der Waals surface area (Å²) in [6, 6.07) is 6.96. The molecule has 0 atom stereocenters. The average molecular weight is 267 g/mol. The van der Waals surface area contributed by atoms with Gasteiger partial charge in [-0.05, 0) is 24.6 Å². The first-order valence-corrected chi connectivity index (χ1v) is 5.63. The molecule has 2 N–H and O–H groups in total. The molecular weight excluding hydrogens is 256 g/mol. The van der Waals surface area contributed by atoms with E-state index >= 15 is 0 Å². The number of aromatic carboxylic acids is 1. The molecule has 0 fully saturated rings. The maximum Gasteiger partial charge on any atom is 0.358 e. The van der Waals surface area contributed by atoms with Gasteiger partial charge in [-0.15, -0.1) is 0 Å². The Morgan fingerprint density at radius 3 is 2.89 bits per heavy atom. The molecule has 5 nitrogen and oxygen atoms in total. The molecule has 1 heterocycles. The molecule has 6 heteroatoms. The van der Waals surface area contributed by atoms with Crippen LogP contribution in [0.5, 0.6) is 0 Å². The van der Waals surface area contributed by atoms with E-state index < -0.39 is 5.97 Å². The van der Waals surface area contributed by atoms with Crippen LogP contribution in [-0.2, 0) is 6.54 Å². The number of hydrogen-bond acceptors (Lipinski definition) is 4. The molecule has 0 radical (unpaired) electrons. The normalized spacial score (nSPS) is 10.3. The Hall–Kier alpha value is -2.01. The Balaban J connectivity index is 2.02. The zero-order chi connectivity index (χ0) is 13.1. The predicted octanol–water partition coefficient (Wildman–Crippen LogP) is 2.95. The minimum absolute atomic E-state index is 0.103. The lowest BCUT2D eigenvalue weighted by atomic mass is 10.2. The van der Waals surface area contributed by atoms with Gasteiger partial charge in [-0.25, -0.2) is 4.79 Å². The molecule has 0 amide bonds. The van der Waals surface area contributed by atoms with Crippen LogP contribution in [0.15, 0.2) is 28.8 Å². The van der Waals surface area contributed by atoms with Gasteiger partial charge in [0.15, 0.2) is 11.5 Å². The quantitative estimate of drug-likeness (QED) is 0.890. The number of carbonyl (C=O) groups is 1. The van der Waals surface area contributed by atoms with Crippen molar-refractivity contribution in [1.29, 1.82) is 0 Å². The maximum atomic E-state index is 10.6. The third-order valence-electron chi connectivity index (χ3n) is 2.42. The second-order valence-electron chi connectivity index (χ2n) is 3.80. The number of nitrogens with zero attached hydrogens (tertiary/aromatic N) is 1. The number of hydrogen-bond donors (Lipinski definition) is 2. The van der Waals surface area contributed by atoms with E-state index in [2.05, 4.69) is 10.5 Å². The summed E-state index contributed by atoms with van der Waals surface area (Å²) in [7, 11) is 0. The topological polar surface area (TPSA) is 75.4 Å². The fraction of sp³-hybridized carbons (Fsp3) is 0.167. The molecule has 2 aromatic rings. The Morgan fingerprint density at radius 2 is 2.28 bits per heavy atom. The lowest BCUT2D eigenvalue weighted by Crippen LogP contribution is -1.98. The minimum atomic E-state index is -1.11. The molecule has 1 aromatic heterocycles. The van der Waals surface area contributed by atoms with Gasteiger partial charge in [0.2, 0.25) is 0 Å². The van der Waals surface area contributed by atoms with Gasteiger partial charge in [0.05, 0.1) is 6.54 Å². The third kappa shape index (κ3) is 2.81. The van der Waals surface area contributed by atoms with Crippen molar-refractivity contribution in [1.82, 2.24) is 5.16 Å². The number of benzene rings is 1. The van der Waals surface area contributed by atoms with Gasteiger partial charge in [-0.3, -0.25) is 0 Å². The molecule has 0 aliphatic carbocycles. The molecular formula is C12H11ClN2O3. The molecule has 18 heavy (non-hydrogen) atoms. The number of aryl methyl sites for hydroxylation is 1. The number of halogens is 1. The third-order valence-corrected chi connectivity index (χ3v) is 2.82. The standard InChI is InChI=1S/C12H11ClN2O3/c1-7-2-3-8(4-10(7)13)14-6-9-5-11(12(16)17)15-18-9/h2-5,14H,6H2,1H3,(H,16,17). The zero-order valence-corrected chi connectivity index (χ0v) is 10.4. The molecule has 1 aromatic carbocycles. The largest absolute Gasteiger partial charge is 0.476 e. The molecule has 0 aliphatic heterocycles. The van der Waals surface area contributed by atoms with Gasteiger partial charge < -0.3 is 14.9 Å². The molecule has 0 spiro atoms. The Labute approximate surface area is 108 Å². The van der Waals surface area contributed by atoms with Crippen LogP contribution >= 0.6 is 11.6 Å². The van der Waals surface area contributed by atoms with E-state index in [0.29, 0.717) is 17.3 Å². The fourth-order valence-electron chi connectivity index (χ4n) is 1.39. The van der Waals surface area contributed by atoms with Crippen molar-refractivity contribution < 1.29 is 14.4 Å². The van der Waals surface area contributed by atoms with E-state index in [1.54, 1.807) is 6.07 Å². The van der Waals surface area contributed by atoms with Crippen molar-refractivity contribution in [2.24, 2.45) is 0 Å². The van der Waals surface area contributed by atoms with E-state index in [0.717, 1.165) is 11.3 Å². The van der Waals surface area contributed by atoms with Gasteiger partial charge in [0, 0.05) is 16.8 Å². The summed E-state index contributed by atoms with van der Waals surface area (Å²) in [6.45, 7) is 2.27. The summed E-state index contributed by atoms with van der Waals surface area (Å²) in [5, 5.41) is 15.8. The highest BCUT2D eigenvalue weighted by molar-refractivity contribution is 6.31. The van der Waals surface area contributed by atoms with Crippen LogP contribution < -0.4 is 5.32 Å². The molecule has 0 aliphatic rings. The highest BCUT2D eigenvalue weighted by atomic mass is 35.5. The number of carboxylic acid groups (broad SMARTS) is 1. The number of nitrogens with one attached hydrogen (secondary N) is 1. The van der Waals surface area contributed by atoms with Gasteiger partial charge in [-0.2, -0.15) is 0 Å². The van der Waals surface area contributed by atoms with E-state index in [1.807, 2.05) is 19.1 Å². The zero-order valence-electron chi connectivity index (χ0n) is 9.61. The minimum Gasteiger partial charge on any atom is -0.476 e. The maximum absolute atomic E-state index is 10.6. The van der Waals surface area contributed by atoms with Crippen molar-refractivity contribution in [3.8, 4) is 0 Å². The summed E-state index contributed by atoms with van der Waals surface area (Å²) < 4.78 is 4.88. The first-order valence-electron chi connectivity index (χ1n) is 5.25. The van der Waals surface area contributed by atoms with Crippen LogP contribution in [0.25, 0.3) is 0 Å².